The summed E-state index contributed by atoms with van der Waals surface area (Å²) in [6.45, 7) is 4.86. The highest BCUT2D eigenvalue weighted by Crippen LogP contribution is 2.41. The van der Waals surface area contributed by atoms with Crippen molar-refractivity contribution in [2.24, 2.45) is 0 Å². The van der Waals surface area contributed by atoms with E-state index in [9.17, 15) is 14.7 Å². The first-order chi connectivity index (χ1) is 19.4. The van der Waals surface area contributed by atoms with Crippen molar-refractivity contribution in [2.75, 3.05) is 19.6 Å². The average Bonchev–Trinajstić information content (AvgIpc) is 3.51. The number of H-pyrrole nitrogens is 1. The number of imidazole rings is 1. The van der Waals surface area contributed by atoms with Crippen molar-refractivity contribution in [2.45, 2.75) is 44.1 Å². The Morgan fingerprint density at radius 3 is 2.77 bits per heavy atom. The number of aromatic amines is 1. The molecule has 3 aliphatic rings. The number of amides is 2. The van der Waals surface area contributed by atoms with E-state index in [1.54, 1.807) is 22.3 Å². The molecule has 10 nitrogen and oxygen atoms in total. The SMILES string of the molecule is C=CC(=O)N1CCc2nn(-c3ccc(C4CCC4)cc3O)c3c2[C@H](C1)N(C(=O)c1ncc(Br)c2nc[nH]c12)CC3. The largest absolute Gasteiger partial charge is 0.506 e. The molecule has 7 rings (SSSR count). The maximum Gasteiger partial charge on any atom is 0.275 e. The van der Waals surface area contributed by atoms with Crippen LogP contribution < -0.4 is 0 Å². The van der Waals surface area contributed by atoms with E-state index in [1.165, 1.54) is 12.5 Å². The number of nitrogens with one attached hydrogen (secondary N) is 1. The number of hydrogen-bond acceptors (Lipinski definition) is 6. The summed E-state index contributed by atoms with van der Waals surface area (Å²) in [7, 11) is 0. The second kappa shape index (κ2) is 9.58. The van der Waals surface area contributed by atoms with E-state index < -0.39 is 6.04 Å². The van der Waals surface area contributed by atoms with Gasteiger partial charge < -0.3 is 19.9 Å². The van der Waals surface area contributed by atoms with Crippen LogP contribution >= 0.6 is 15.9 Å². The van der Waals surface area contributed by atoms with Gasteiger partial charge in [-0.25, -0.2) is 14.6 Å². The topological polar surface area (TPSA) is 120 Å². The highest BCUT2D eigenvalue weighted by Gasteiger charge is 2.41. The molecule has 11 heteroatoms. The smallest absolute Gasteiger partial charge is 0.275 e. The Bertz CT molecular complexity index is 1690. The number of fused-ring (bicyclic) bond motifs is 1. The van der Waals surface area contributed by atoms with Crippen molar-refractivity contribution in [3.05, 3.63) is 76.1 Å². The molecule has 1 aliphatic carbocycles. The van der Waals surface area contributed by atoms with Gasteiger partial charge in [0.25, 0.3) is 5.91 Å². The summed E-state index contributed by atoms with van der Waals surface area (Å²) in [4.78, 5) is 42.2. The molecule has 1 saturated carbocycles. The summed E-state index contributed by atoms with van der Waals surface area (Å²) in [5, 5.41) is 16.0. The lowest BCUT2D eigenvalue weighted by atomic mass is 9.80. The maximum atomic E-state index is 14.1. The molecule has 40 heavy (non-hydrogen) atoms. The lowest BCUT2D eigenvalue weighted by molar-refractivity contribution is -0.126. The van der Waals surface area contributed by atoms with Gasteiger partial charge in [-0.2, -0.15) is 5.10 Å². The normalized spacial score (nSPS) is 18.8. The zero-order chi connectivity index (χ0) is 27.5. The molecular weight excluding hydrogens is 574 g/mol. The summed E-state index contributed by atoms with van der Waals surface area (Å²) < 4.78 is 2.54. The molecule has 5 heterocycles. The number of aromatic hydroxyl groups is 1. The zero-order valence-electron chi connectivity index (χ0n) is 21.8. The molecule has 3 aromatic heterocycles. The number of carbonyl (C=O) groups is 2. The number of pyridine rings is 1. The molecule has 2 amide bonds. The molecule has 1 fully saturated rings. The molecule has 2 aliphatic heterocycles. The molecular formula is C29H28BrN7O3. The van der Waals surface area contributed by atoms with Gasteiger partial charge in [-0.15, -0.1) is 0 Å². The van der Waals surface area contributed by atoms with Crippen molar-refractivity contribution in [3.8, 4) is 11.4 Å². The van der Waals surface area contributed by atoms with Crippen LogP contribution in [0.5, 0.6) is 5.75 Å². The minimum atomic E-state index is -0.425. The molecule has 2 N–H and O–H groups in total. The Kier molecular flexibility index (Phi) is 5.99. The number of nitrogens with zero attached hydrogens (tertiary/aromatic N) is 6. The van der Waals surface area contributed by atoms with Crippen LogP contribution in [0, 0.1) is 0 Å². The van der Waals surface area contributed by atoms with Crippen LogP contribution in [0.2, 0.25) is 0 Å². The minimum Gasteiger partial charge on any atom is -0.506 e. The van der Waals surface area contributed by atoms with Crippen LogP contribution in [-0.2, 0) is 17.6 Å². The lowest BCUT2D eigenvalue weighted by Crippen LogP contribution is -2.46. The fourth-order valence-corrected chi connectivity index (χ4v) is 6.68. The Hall–Kier alpha value is -3.99. The molecule has 204 valence electrons. The van der Waals surface area contributed by atoms with Gasteiger partial charge in [0.2, 0.25) is 5.91 Å². The van der Waals surface area contributed by atoms with E-state index in [0.29, 0.717) is 59.6 Å². The van der Waals surface area contributed by atoms with Crippen molar-refractivity contribution in [1.82, 2.24) is 34.5 Å². The van der Waals surface area contributed by atoms with Crippen LogP contribution in [0.3, 0.4) is 0 Å². The first kappa shape index (κ1) is 25.0. The maximum absolute atomic E-state index is 14.1. The van der Waals surface area contributed by atoms with Crippen molar-refractivity contribution < 1.29 is 14.7 Å². The number of rotatable bonds is 4. The Labute approximate surface area is 238 Å². The lowest BCUT2D eigenvalue weighted by Gasteiger charge is -2.37. The fourth-order valence-electron chi connectivity index (χ4n) is 6.28. The van der Waals surface area contributed by atoms with E-state index in [4.69, 9.17) is 5.10 Å². The zero-order valence-corrected chi connectivity index (χ0v) is 23.4. The van der Waals surface area contributed by atoms with Gasteiger partial charge in [-0.05, 0) is 58.5 Å². The van der Waals surface area contributed by atoms with E-state index in [1.807, 2.05) is 16.8 Å². The molecule has 1 atom stereocenters. The third-order valence-corrected chi connectivity index (χ3v) is 9.15. The quantitative estimate of drug-likeness (QED) is 0.338. The number of hydrogen-bond donors (Lipinski definition) is 2. The molecule has 1 aromatic carbocycles. The molecule has 0 unspecified atom stereocenters. The summed E-state index contributed by atoms with van der Waals surface area (Å²) in [5.74, 6) is 0.298. The highest BCUT2D eigenvalue weighted by molar-refractivity contribution is 9.10. The van der Waals surface area contributed by atoms with Crippen molar-refractivity contribution >= 4 is 38.8 Å². The van der Waals surface area contributed by atoms with Crippen LogP contribution in [0.25, 0.3) is 16.7 Å². The monoisotopic (exact) mass is 601 g/mol. The summed E-state index contributed by atoms with van der Waals surface area (Å²) in [6.07, 6.45) is 9.07. The number of aromatic nitrogens is 5. The number of benzene rings is 1. The van der Waals surface area contributed by atoms with E-state index in [-0.39, 0.29) is 23.3 Å². The van der Waals surface area contributed by atoms with Crippen LogP contribution in [-0.4, -0.2) is 71.1 Å². The second-order valence-electron chi connectivity index (χ2n) is 10.7. The van der Waals surface area contributed by atoms with E-state index >= 15 is 0 Å². The molecule has 0 radical (unpaired) electrons. The minimum absolute atomic E-state index is 0.181. The van der Waals surface area contributed by atoms with Crippen molar-refractivity contribution in [3.63, 3.8) is 0 Å². The average molecular weight is 602 g/mol. The number of phenolic OH excluding ortho intramolecular Hbond substituents is 1. The Morgan fingerprint density at radius 2 is 2.02 bits per heavy atom. The third kappa shape index (κ3) is 3.86. The van der Waals surface area contributed by atoms with Crippen LogP contribution in [0.4, 0.5) is 0 Å². The Morgan fingerprint density at radius 1 is 1.18 bits per heavy atom. The van der Waals surface area contributed by atoms with Gasteiger partial charge in [0, 0.05) is 44.2 Å². The first-order valence-electron chi connectivity index (χ1n) is 13.6. The number of phenols is 1. The van der Waals surface area contributed by atoms with E-state index in [0.717, 1.165) is 35.4 Å². The third-order valence-electron chi connectivity index (χ3n) is 8.57. The predicted molar refractivity (Wildman–Crippen MR) is 151 cm³/mol. The Balaban J connectivity index is 1.31. The number of carbonyl (C=O) groups excluding carboxylic acids is 2. The van der Waals surface area contributed by atoms with Crippen LogP contribution in [0.1, 0.15) is 64.2 Å². The molecule has 0 spiro atoms. The van der Waals surface area contributed by atoms with Gasteiger partial charge in [-0.1, -0.05) is 19.1 Å². The number of halogens is 1. The van der Waals surface area contributed by atoms with Gasteiger partial charge >= 0.3 is 0 Å². The molecule has 0 saturated heterocycles. The van der Waals surface area contributed by atoms with Gasteiger partial charge in [-0.3, -0.25) is 9.59 Å². The summed E-state index contributed by atoms with van der Waals surface area (Å²) in [6, 6.07) is 5.49. The molecule has 4 aromatic rings. The van der Waals surface area contributed by atoms with Gasteiger partial charge in [0.1, 0.15) is 17.0 Å². The fraction of sp³-hybridized carbons (Fsp3) is 0.345. The van der Waals surface area contributed by atoms with Crippen LogP contribution in [0.15, 0.2) is 47.9 Å². The molecule has 0 bridgehead atoms. The van der Waals surface area contributed by atoms with Gasteiger partial charge in [0.15, 0.2) is 5.69 Å². The van der Waals surface area contributed by atoms with Gasteiger partial charge in [0.05, 0.1) is 33.7 Å². The second-order valence-corrected chi connectivity index (χ2v) is 11.5. The summed E-state index contributed by atoms with van der Waals surface area (Å²) >= 11 is 3.46. The standard InChI is InChI=1S/C29H28BrN7O3/c1-2-24(39)35-10-8-19-25-21(37(34-19)20-7-6-17(12-23(20)38)16-4-3-5-16)9-11-36(22(25)14-35)29(40)28-27-26(32-15-33-27)18(30)13-31-28/h2,6-7,12-13,15-16,22,38H,1,3-5,8-11,14H2,(H,32,33)/t22-/m0/s1. The predicted octanol–water partition coefficient (Wildman–Crippen LogP) is 4.19. The first-order valence-corrected chi connectivity index (χ1v) is 14.4. The highest BCUT2D eigenvalue weighted by atomic mass is 79.9. The van der Waals surface area contributed by atoms with Crippen molar-refractivity contribution in [1.29, 1.82) is 0 Å². The summed E-state index contributed by atoms with van der Waals surface area (Å²) in [5.41, 5.74) is 6.00. The van der Waals surface area contributed by atoms with E-state index in [2.05, 4.69) is 43.5 Å².